The van der Waals surface area contributed by atoms with Gasteiger partial charge in [0.25, 0.3) is 0 Å². The Labute approximate surface area is 184 Å². The summed E-state index contributed by atoms with van der Waals surface area (Å²) in [5.41, 5.74) is 1.15. The van der Waals surface area contributed by atoms with Crippen LogP contribution >= 0.6 is 22.6 Å². The van der Waals surface area contributed by atoms with E-state index in [1.54, 1.807) is 7.11 Å². The number of halogens is 1. The van der Waals surface area contributed by atoms with Crippen LogP contribution in [0.2, 0.25) is 0 Å². The third-order valence-electron chi connectivity index (χ3n) is 4.96. The molecule has 4 nitrogen and oxygen atoms in total. The molecule has 1 aliphatic heterocycles. The van der Waals surface area contributed by atoms with E-state index >= 15 is 0 Å². The molecule has 1 unspecified atom stereocenters. The number of alkyl halides is 1. The first-order valence-electron chi connectivity index (χ1n) is 10.2. The quantitative estimate of drug-likeness (QED) is 0.214. The molecular weight excluding hydrogens is 467 g/mol. The van der Waals surface area contributed by atoms with E-state index in [4.69, 9.17) is 18.9 Å². The topological polar surface area (TPSA) is 36.9 Å². The second-order valence-electron chi connectivity index (χ2n) is 7.96. The molecule has 0 radical (unpaired) electrons. The van der Waals surface area contributed by atoms with Crippen LogP contribution in [-0.4, -0.2) is 35.6 Å². The summed E-state index contributed by atoms with van der Waals surface area (Å²) >= 11 is 2.42. The van der Waals surface area contributed by atoms with Gasteiger partial charge in [0.2, 0.25) is 0 Å². The van der Waals surface area contributed by atoms with Gasteiger partial charge in [-0.15, -0.1) is 0 Å². The molecule has 158 valence electrons. The molecule has 1 saturated heterocycles. The highest BCUT2D eigenvalue weighted by Gasteiger charge is 2.42. The van der Waals surface area contributed by atoms with Crippen LogP contribution in [0.5, 0.6) is 5.75 Å². The Morgan fingerprint density at radius 2 is 1.89 bits per heavy atom. The lowest BCUT2D eigenvalue weighted by atomic mass is 9.96. The molecule has 0 amide bonds. The van der Waals surface area contributed by atoms with Crippen LogP contribution < -0.4 is 4.74 Å². The van der Waals surface area contributed by atoms with E-state index in [0.717, 1.165) is 35.0 Å². The van der Waals surface area contributed by atoms with Crippen molar-refractivity contribution in [2.45, 2.75) is 77.7 Å². The van der Waals surface area contributed by atoms with Gasteiger partial charge in [0.1, 0.15) is 5.75 Å². The smallest absolute Gasteiger partial charge is 0.163 e. The molecule has 0 aliphatic carbocycles. The average molecular weight is 502 g/mol. The molecule has 5 heteroatoms. The zero-order valence-electron chi connectivity index (χ0n) is 17.8. The molecular formula is C23H35IO4. The van der Waals surface area contributed by atoms with Crippen molar-refractivity contribution in [3.63, 3.8) is 0 Å². The lowest BCUT2D eigenvalue weighted by molar-refractivity contribution is -0.149. The van der Waals surface area contributed by atoms with Crippen LogP contribution in [0.15, 0.2) is 36.4 Å². The van der Waals surface area contributed by atoms with Crippen molar-refractivity contribution in [1.82, 2.24) is 0 Å². The number of hydrogen-bond donors (Lipinski definition) is 0. The molecule has 0 saturated carbocycles. The fourth-order valence-electron chi connectivity index (χ4n) is 3.43. The van der Waals surface area contributed by atoms with Gasteiger partial charge < -0.3 is 18.9 Å². The number of ether oxygens (including phenoxy) is 4. The van der Waals surface area contributed by atoms with Crippen molar-refractivity contribution >= 4 is 22.6 Å². The number of rotatable bonds is 11. The van der Waals surface area contributed by atoms with E-state index in [9.17, 15) is 0 Å². The fraction of sp³-hybridized carbons (Fsp3) is 0.652. The molecule has 1 aromatic rings. The summed E-state index contributed by atoms with van der Waals surface area (Å²) in [6.07, 6.45) is 8.02. The van der Waals surface area contributed by atoms with Crippen molar-refractivity contribution in [1.29, 1.82) is 0 Å². The normalized spacial score (nSPS) is 23.8. The molecule has 0 aromatic heterocycles. The summed E-state index contributed by atoms with van der Waals surface area (Å²) in [6.45, 7) is 8.96. The summed E-state index contributed by atoms with van der Waals surface area (Å²) in [6, 6.07) is 8.01. The van der Waals surface area contributed by atoms with Gasteiger partial charge in [0.15, 0.2) is 5.79 Å². The van der Waals surface area contributed by atoms with Gasteiger partial charge in [-0.3, -0.25) is 0 Å². The highest BCUT2D eigenvalue weighted by atomic mass is 127. The third-order valence-corrected chi connectivity index (χ3v) is 5.73. The first kappa shape index (κ1) is 23.6. The van der Waals surface area contributed by atoms with E-state index in [2.05, 4.69) is 48.6 Å². The molecule has 0 spiro atoms. The van der Waals surface area contributed by atoms with Crippen molar-refractivity contribution in [2.24, 2.45) is 5.92 Å². The monoisotopic (exact) mass is 502 g/mol. The van der Waals surface area contributed by atoms with E-state index in [1.807, 2.05) is 38.1 Å². The predicted molar refractivity (Wildman–Crippen MR) is 122 cm³/mol. The Balaban J connectivity index is 1.78. The second-order valence-corrected chi connectivity index (χ2v) is 9.04. The minimum Gasteiger partial charge on any atom is -0.497 e. The fourth-order valence-corrected chi connectivity index (χ4v) is 3.87. The standard InChI is InChI=1S/C23H35IO4/c1-17(22-21(10-7-15-24)27-23(3,4)28-22)8-6-9-18(2)26-16-19-11-13-20(25-5)14-12-19/h6,8,11-14,17-18,21-22H,7,9-10,15-16H2,1-5H3/b8-6-/t17?,18-,21+,22-/m1/s1. The molecule has 0 N–H and O–H groups in total. The molecule has 1 aliphatic rings. The van der Waals surface area contributed by atoms with Crippen LogP contribution in [0.25, 0.3) is 0 Å². The summed E-state index contributed by atoms with van der Waals surface area (Å²) in [7, 11) is 1.68. The van der Waals surface area contributed by atoms with Crippen molar-refractivity contribution in [3.8, 4) is 5.75 Å². The van der Waals surface area contributed by atoms with E-state index in [-0.39, 0.29) is 18.3 Å². The maximum absolute atomic E-state index is 6.18. The maximum atomic E-state index is 6.18. The molecule has 28 heavy (non-hydrogen) atoms. The predicted octanol–water partition coefficient (Wildman–Crippen LogP) is 5.92. The summed E-state index contributed by atoms with van der Waals surface area (Å²) in [5.74, 6) is 0.693. The molecule has 4 atom stereocenters. The minimum atomic E-state index is -0.489. The maximum Gasteiger partial charge on any atom is 0.163 e. The molecule has 0 bridgehead atoms. The van der Waals surface area contributed by atoms with Crippen molar-refractivity contribution in [2.75, 3.05) is 11.5 Å². The first-order chi connectivity index (χ1) is 13.3. The van der Waals surface area contributed by atoms with E-state index < -0.39 is 5.79 Å². The lowest BCUT2D eigenvalue weighted by Crippen LogP contribution is -2.28. The van der Waals surface area contributed by atoms with Gasteiger partial charge in [-0.2, -0.15) is 0 Å². The van der Waals surface area contributed by atoms with Gasteiger partial charge >= 0.3 is 0 Å². The summed E-state index contributed by atoms with van der Waals surface area (Å²) < 4.78 is 24.6. The number of methoxy groups -OCH3 is 1. The van der Waals surface area contributed by atoms with Gasteiger partial charge in [0.05, 0.1) is 32.0 Å². The van der Waals surface area contributed by atoms with Gasteiger partial charge in [-0.05, 0) is 62.2 Å². The molecule has 1 fully saturated rings. The van der Waals surface area contributed by atoms with Crippen molar-refractivity contribution in [3.05, 3.63) is 42.0 Å². The number of hydrogen-bond acceptors (Lipinski definition) is 4. The summed E-state index contributed by atoms with van der Waals surface area (Å²) in [4.78, 5) is 0. The third kappa shape index (κ3) is 7.65. The van der Waals surface area contributed by atoms with Crippen molar-refractivity contribution < 1.29 is 18.9 Å². The Hall–Kier alpha value is -0.630. The van der Waals surface area contributed by atoms with E-state index in [1.165, 1.54) is 0 Å². The SMILES string of the molecule is COc1ccc(CO[C@H](C)C/C=C\C(C)[C@H]2OC(C)(C)O[C@H]2CCCI)cc1. The zero-order valence-corrected chi connectivity index (χ0v) is 20.0. The minimum absolute atomic E-state index is 0.115. The lowest BCUT2D eigenvalue weighted by Gasteiger charge is -2.21. The highest BCUT2D eigenvalue weighted by molar-refractivity contribution is 14.1. The molecule has 1 aromatic carbocycles. The zero-order chi connectivity index (χ0) is 20.6. The van der Waals surface area contributed by atoms with Gasteiger partial charge in [-0.25, -0.2) is 0 Å². The summed E-state index contributed by atoms with van der Waals surface area (Å²) in [5, 5.41) is 0. The Morgan fingerprint density at radius 1 is 1.18 bits per heavy atom. The van der Waals surface area contributed by atoms with Gasteiger partial charge in [-0.1, -0.05) is 53.8 Å². The van der Waals surface area contributed by atoms with Crippen LogP contribution in [0.3, 0.4) is 0 Å². The number of benzene rings is 1. The van der Waals surface area contributed by atoms with Crippen LogP contribution in [0.1, 0.15) is 52.5 Å². The van der Waals surface area contributed by atoms with E-state index in [0.29, 0.717) is 12.5 Å². The highest BCUT2D eigenvalue weighted by Crippen LogP contribution is 2.35. The molecule has 1 heterocycles. The average Bonchev–Trinajstić information content (AvgIpc) is 2.99. The van der Waals surface area contributed by atoms with Crippen LogP contribution in [-0.2, 0) is 20.8 Å². The largest absolute Gasteiger partial charge is 0.497 e. The van der Waals surface area contributed by atoms with Gasteiger partial charge in [0, 0.05) is 5.92 Å². The second kappa shape index (κ2) is 11.5. The van der Waals surface area contributed by atoms with Crippen LogP contribution in [0.4, 0.5) is 0 Å². The Bertz CT molecular complexity index is 599. The Kier molecular flexibility index (Phi) is 9.74. The Morgan fingerprint density at radius 3 is 2.54 bits per heavy atom. The molecule has 2 rings (SSSR count). The van der Waals surface area contributed by atoms with Crippen LogP contribution in [0, 0.1) is 5.92 Å². The first-order valence-corrected chi connectivity index (χ1v) is 11.7.